The van der Waals surface area contributed by atoms with Gasteiger partial charge in [0.05, 0.1) is 12.7 Å². The average Bonchev–Trinajstić information content (AvgIpc) is 2.25. The van der Waals surface area contributed by atoms with E-state index in [1.807, 2.05) is 6.92 Å². The fraction of sp³-hybridized carbons (Fsp3) is 1.00. The highest BCUT2D eigenvalue weighted by atomic mass is 32.1. The van der Waals surface area contributed by atoms with Crippen molar-refractivity contribution in [1.29, 1.82) is 0 Å². The van der Waals surface area contributed by atoms with Crippen LogP contribution in [0.5, 0.6) is 0 Å². The molecule has 1 rings (SSSR count). The second kappa shape index (κ2) is 6.03. The summed E-state index contributed by atoms with van der Waals surface area (Å²) in [7, 11) is 0. The fourth-order valence-corrected chi connectivity index (χ4v) is 1.67. The van der Waals surface area contributed by atoms with E-state index in [0.29, 0.717) is 18.8 Å². The molecule has 0 aromatic heterocycles. The molecule has 1 fully saturated rings. The molecule has 0 amide bonds. The Hall–Kier alpha value is 0.150. The largest absolute Gasteiger partial charge is 0.388 e. The molecule has 5 atom stereocenters. The Balaban J connectivity index is 2.57. The minimum atomic E-state index is -1.23. The van der Waals surface area contributed by atoms with Gasteiger partial charge in [-0.1, -0.05) is 6.92 Å². The van der Waals surface area contributed by atoms with Crippen molar-refractivity contribution in [2.24, 2.45) is 0 Å². The third-order valence-corrected chi connectivity index (χ3v) is 2.63. The molecule has 0 aromatic carbocycles. The lowest BCUT2D eigenvalue weighted by molar-refractivity contribution is -0.295. The van der Waals surface area contributed by atoms with Gasteiger partial charge in [-0.3, -0.25) is 0 Å². The van der Waals surface area contributed by atoms with Gasteiger partial charge in [-0.05, 0) is 6.42 Å². The highest BCUT2D eigenvalue weighted by Crippen LogP contribution is 2.23. The van der Waals surface area contributed by atoms with Crippen molar-refractivity contribution in [3.05, 3.63) is 0 Å². The van der Waals surface area contributed by atoms with Crippen molar-refractivity contribution in [3.8, 4) is 0 Å². The van der Waals surface area contributed by atoms with Crippen LogP contribution in [0.25, 0.3) is 0 Å². The van der Waals surface area contributed by atoms with Crippen LogP contribution >= 0.6 is 12.6 Å². The highest BCUT2D eigenvalue weighted by Gasteiger charge is 2.43. The first-order chi connectivity index (χ1) is 7.11. The molecule has 1 heterocycles. The minimum Gasteiger partial charge on any atom is -0.388 e. The van der Waals surface area contributed by atoms with Gasteiger partial charge in [-0.15, -0.1) is 0 Å². The molecule has 1 aliphatic heterocycles. The van der Waals surface area contributed by atoms with Crippen molar-refractivity contribution in [3.63, 3.8) is 0 Å². The topological polar surface area (TPSA) is 79.2 Å². The molecule has 0 saturated carbocycles. The Morgan fingerprint density at radius 3 is 2.40 bits per heavy atom. The van der Waals surface area contributed by atoms with Crippen LogP contribution in [-0.4, -0.2) is 58.4 Å². The summed E-state index contributed by atoms with van der Waals surface area (Å²) in [5.74, 6) is 0.502. The summed E-state index contributed by atoms with van der Waals surface area (Å²) in [6.45, 7) is 2.15. The van der Waals surface area contributed by atoms with Crippen molar-refractivity contribution in [2.45, 2.75) is 44.1 Å². The lowest BCUT2D eigenvalue weighted by Gasteiger charge is -2.39. The Morgan fingerprint density at radius 1 is 1.20 bits per heavy atom. The molecule has 5 unspecified atom stereocenters. The standard InChI is InChI=1S/C9H18O5S/c1-2-5-6(10)7(11)8(12)9(14-5)13-3-4-15/h5-12,15H,2-4H2,1H3. The minimum absolute atomic E-state index is 0.323. The predicted octanol–water partition coefficient (Wildman–Crippen LogP) is -0.850. The molecular formula is C9H18O5S. The normalized spacial score (nSPS) is 41.8. The van der Waals surface area contributed by atoms with Gasteiger partial charge in [0.1, 0.15) is 18.3 Å². The maximum atomic E-state index is 9.56. The molecule has 5 nitrogen and oxygen atoms in total. The van der Waals surface area contributed by atoms with Crippen LogP contribution in [0, 0.1) is 0 Å². The summed E-state index contributed by atoms with van der Waals surface area (Å²) in [6.07, 6.45) is -4.36. The lowest BCUT2D eigenvalue weighted by atomic mass is 9.97. The summed E-state index contributed by atoms with van der Waals surface area (Å²) in [6, 6.07) is 0. The van der Waals surface area contributed by atoms with E-state index >= 15 is 0 Å². The van der Waals surface area contributed by atoms with Gasteiger partial charge >= 0.3 is 0 Å². The molecule has 6 heteroatoms. The zero-order valence-electron chi connectivity index (χ0n) is 8.61. The van der Waals surface area contributed by atoms with Crippen LogP contribution in [0.15, 0.2) is 0 Å². The first kappa shape index (κ1) is 13.2. The maximum Gasteiger partial charge on any atom is 0.186 e. The molecule has 0 bridgehead atoms. The van der Waals surface area contributed by atoms with E-state index < -0.39 is 30.7 Å². The molecule has 1 saturated heterocycles. The van der Waals surface area contributed by atoms with E-state index in [4.69, 9.17) is 9.47 Å². The van der Waals surface area contributed by atoms with E-state index in [-0.39, 0.29) is 0 Å². The second-order valence-electron chi connectivity index (χ2n) is 3.52. The molecule has 3 N–H and O–H groups in total. The number of rotatable bonds is 4. The van der Waals surface area contributed by atoms with Gasteiger partial charge in [0.15, 0.2) is 6.29 Å². The van der Waals surface area contributed by atoms with E-state index in [2.05, 4.69) is 12.6 Å². The summed E-state index contributed by atoms with van der Waals surface area (Å²) in [4.78, 5) is 0. The monoisotopic (exact) mass is 238 g/mol. The number of ether oxygens (including phenoxy) is 2. The van der Waals surface area contributed by atoms with Crippen molar-refractivity contribution in [2.75, 3.05) is 12.4 Å². The lowest BCUT2D eigenvalue weighted by Crippen LogP contribution is -2.58. The number of hydrogen-bond acceptors (Lipinski definition) is 6. The molecule has 0 radical (unpaired) electrons. The number of aliphatic hydroxyl groups is 3. The highest BCUT2D eigenvalue weighted by molar-refractivity contribution is 7.80. The second-order valence-corrected chi connectivity index (χ2v) is 3.96. The maximum absolute atomic E-state index is 9.56. The Labute approximate surface area is 94.4 Å². The molecule has 1 aliphatic rings. The Kier molecular flexibility index (Phi) is 5.31. The SMILES string of the molecule is CCC1OC(OCCS)C(O)C(O)C1O. The van der Waals surface area contributed by atoms with Crippen molar-refractivity contribution >= 4 is 12.6 Å². The summed E-state index contributed by atoms with van der Waals surface area (Å²) < 4.78 is 10.5. The van der Waals surface area contributed by atoms with Crippen LogP contribution in [0.3, 0.4) is 0 Å². The van der Waals surface area contributed by atoms with E-state index in [1.165, 1.54) is 0 Å². The van der Waals surface area contributed by atoms with Crippen LogP contribution in [-0.2, 0) is 9.47 Å². The van der Waals surface area contributed by atoms with Crippen LogP contribution < -0.4 is 0 Å². The smallest absolute Gasteiger partial charge is 0.186 e. The van der Waals surface area contributed by atoms with Gasteiger partial charge in [0, 0.05) is 5.75 Å². The molecule has 90 valence electrons. The summed E-state index contributed by atoms with van der Waals surface area (Å²) >= 11 is 3.96. The van der Waals surface area contributed by atoms with Crippen LogP contribution in [0.4, 0.5) is 0 Å². The first-order valence-electron chi connectivity index (χ1n) is 5.04. The number of aliphatic hydroxyl groups excluding tert-OH is 3. The molecule has 0 aliphatic carbocycles. The molecule has 0 aromatic rings. The van der Waals surface area contributed by atoms with Gasteiger partial charge in [-0.2, -0.15) is 12.6 Å². The van der Waals surface area contributed by atoms with Crippen molar-refractivity contribution in [1.82, 2.24) is 0 Å². The van der Waals surface area contributed by atoms with E-state index in [1.54, 1.807) is 0 Å². The third-order valence-electron chi connectivity index (χ3n) is 2.44. The summed E-state index contributed by atoms with van der Waals surface area (Å²) in [5.41, 5.74) is 0. The van der Waals surface area contributed by atoms with Gasteiger partial charge < -0.3 is 24.8 Å². The average molecular weight is 238 g/mol. The van der Waals surface area contributed by atoms with Crippen LogP contribution in [0.2, 0.25) is 0 Å². The van der Waals surface area contributed by atoms with E-state index in [9.17, 15) is 15.3 Å². The third kappa shape index (κ3) is 3.05. The molecule has 15 heavy (non-hydrogen) atoms. The molecule has 0 spiro atoms. The zero-order chi connectivity index (χ0) is 11.4. The van der Waals surface area contributed by atoms with Crippen LogP contribution in [0.1, 0.15) is 13.3 Å². The number of thiol groups is 1. The van der Waals surface area contributed by atoms with Gasteiger partial charge in [0.25, 0.3) is 0 Å². The van der Waals surface area contributed by atoms with Gasteiger partial charge in [0.2, 0.25) is 0 Å². The zero-order valence-corrected chi connectivity index (χ0v) is 9.51. The Morgan fingerprint density at radius 2 is 1.87 bits per heavy atom. The first-order valence-corrected chi connectivity index (χ1v) is 5.67. The number of hydrogen-bond donors (Lipinski definition) is 4. The fourth-order valence-electron chi connectivity index (χ4n) is 1.56. The van der Waals surface area contributed by atoms with E-state index in [0.717, 1.165) is 0 Å². The van der Waals surface area contributed by atoms with Crippen molar-refractivity contribution < 1.29 is 24.8 Å². The molecular weight excluding hydrogens is 220 g/mol. The summed E-state index contributed by atoms with van der Waals surface area (Å²) in [5, 5.41) is 28.6. The predicted molar refractivity (Wildman–Crippen MR) is 56.8 cm³/mol. The Bertz CT molecular complexity index is 189. The van der Waals surface area contributed by atoms with Gasteiger partial charge in [-0.25, -0.2) is 0 Å². The quantitative estimate of drug-likeness (QED) is 0.480.